The lowest BCUT2D eigenvalue weighted by molar-refractivity contribution is -0.121. The van der Waals surface area contributed by atoms with E-state index in [-0.39, 0.29) is 5.91 Å². The summed E-state index contributed by atoms with van der Waals surface area (Å²) >= 11 is 2.32. The number of halogens is 1. The van der Waals surface area contributed by atoms with Crippen LogP contribution in [0.4, 0.5) is 0 Å². The Bertz CT molecular complexity index is 338. The van der Waals surface area contributed by atoms with Gasteiger partial charge in [-0.25, -0.2) is 0 Å². The van der Waals surface area contributed by atoms with Crippen LogP contribution in [-0.2, 0) is 11.2 Å². The molecule has 0 aromatic heterocycles. The lowest BCUT2D eigenvalue weighted by Crippen LogP contribution is -2.24. The highest BCUT2D eigenvalue weighted by atomic mass is 127. The Kier molecular flexibility index (Phi) is 6.45. The predicted molar refractivity (Wildman–Crippen MR) is 76.0 cm³/mol. The van der Waals surface area contributed by atoms with E-state index >= 15 is 0 Å². The Morgan fingerprint density at radius 2 is 2.25 bits per heavy atom. The minimum atomic E-state index is 0.159. The molecule has 1 aromatic rings. The highest BCUT2D eigenvalue weighted by molar-refractivity contribution is 14.1. The molecule has 0 unspecified atom stereocenters. The Labute approximate surface area is 111 Å². The molecule has 1 N–H and O–H groups in total. The van der Waals surface area contributed by atoms with Crippen molar-refractivity contribution in [2.45, 2.75) is 26.2 Å². The van der Waals surface area contributed by atoms with E-state index < -0.39 is 0 Å². The van der Waals surface area contributed by atoms with Gasteiger partial charge in [-0.15, -0.1) is 0 Å². The standard InChI is InChI=1S/C13H18INO/c1-11-4-2-5-12(10-11)6-7-13(16)15-9-3-8-14/h2,4-5,10H,3,6-9H2,1H3,(H,15,16). The number of rotatable bonds is 6. The number of amides is 1. The third-order valence-electron chi connectivity index (χ3n) is 2.36. The maximum Gasteiger partial charge on any atom is 0.220 e. The number of alkyl halides is 1. The molecular weight excluding hydrogens is 313 g/mol. The molecule has 0 spiro atoms. The summed E-state index contributed by atoms with van der Waals surface area (Å²) in [4.78, 5) is 11.5. The van der Waals surface area contributed by atoms with Crippen molar-refractivity contribution in [2.75, 3.05) is 11.0 Å². The molecule has 2 nitrogen and oxygen atoms in total. The molecule has 0 aliphatic carbocycles. The summed E-state index contributed by atoms with van der Waals surface area (Å²) < 4.78 is 1.09. The van der Waals surface area contributed by atoms with Gasteiger partial charge < -0.3 is 5.32 Å². The second-order valence-corrected chi connectivity index (χ2v) is 4.96. The molecule has 0 heterocycles. The van der Waals surface area contributed by atoms with Crippen LogP contribution in [0.3, 0.4) is 0 Å². The smallest absolute Gasteiger partial charge is 0.220 e. The van der Waals surface area contributed by atoms with Crippen molar-refractivity contribution in [1.29, 1.82) is 0 Å². The van der Waals surface area contributed by atoms with Gasteiger partial charge in [-0.2, -0.15) is 0 Å². The zero-order chi connectivity index (χ0) is 11.8. The highest BCUT2D eigenvalue weighted by Crippen LogP contribution is 2.06. The van der Waals surface area contributed by atoms with Gasteiger partial charge >= 0.3 is 0 Å². The van der Waals surface area contributed by atoms with Crippen LogP contribution >= 0.6 is 22.6 Å². The van der Waals surface area contributed by atoms with Crippen LogP contribution in [0, 0.1) is 6.92 Å². The Morgan fingerprint density at radius 3 is 2.94 bits per heavy atom. The van der Waals surface area contributed by atoms with E-state index in [1.54, 1.807) is 0 Å². The first-order valence-electron chi connectivity index (χ1n) is 5.60. The predicted octanol–water partition coefficient (Wildman–Crippen LogP) is 2.87. The van der Waals surface area contributed by atoms with Crippen LogP contribution in [-0.4, -0.2) is 16.9 Å². The zero-order valence-electron chi connectivity index (χ0n) is 9.63. The van der Waals surface area contributed by atoms with Gasteiger partial charge in [-0.05, 0) is 25.3 Å². The number of carbonyl (C=O) groups excluding carboxylic acids is 1. The van der Waals surface area contributed by atoms with Crippen LogP contribution in [0.15, 0.2) is 24.3 Å². The lowest BCUT2D eigenvalue weighted by Gasteiger charge is -2.04. The Hall–Kier alpha value is -0.580. The molecule has 88 valence electrons. The van der Waals surface area contributed by atoms with Crippen LogP contribution < -0.4 is 5.32 Å². The molecule has 3 heteroatoms. The van der Waals surface area contributed by atoms with Crippen molar-refractivity contribution in [3.63, 3.8) is 0 Å². The number of hydrogen-bond acceptors (Lipinski definition) is 1. The summed E-state index contributed by atoms with van der Waals surface area (Å²) in [5.74, 6) is 0.159. The monoisotopic (exact) mass is 331 g/mol. The Morgan fingerprint density at radius 1 is 1.44 bits per heavy atom. The summed E-state index contributed by atoms with van der Waals surface area (Å²) in [5, 5.41) is 2.92. The topological polar surface area (TPSA) is 29.1 Å². The van der Waals surface area contributed by atoms with Gasteiger partial charge in [0, 0.05) is 17.4 Å². The van der Waals surface area contributed by atoms with Crippen molar-refractivity contribution in [3.8, 4) is 0 Å². The van der Waals surface area contributed by atoms with Gasteiger partial charge in [0.05, 0.1) is 0 Å². The first-order valence-corrected chi connectivity index (χ1v) is 7.13. The number of nitrogens with one attached hydrogen (secondary N) is 1. The molecule has 1 amide bonds. The van der Waals surface area contributed by atoms with Gasteiger partial charge in [0.25, 0.3) is 0 Å². The maximum atomic E-state index is 11.5. The number of benzene rings is 1. The zero-order valence-corrected chi connectivity index (χ0v) is 11.8. The Balaban J connectivity index is 2.26. The lowest BCUT2D eigenvalue weighted by atomic mass is 10.1. The van der Waals surface area contributed by atoms with Crippen molar-refractivity contribution < 1.29 is 4.79 Å². The van der Waals surface area contributed by atoms with Crippen LogP contribution in [0.1, 0.15) is 24.0 Å². The largest absolute Gasteiger partial charge is 0.356 e. The average Bonchev–Trinajstić information content (AvgIpc) is 2.27. The molecule has 1 aromatic carbocycles. The van der Waals surface area contributed by atoms with Crippen molar-refractivity contribution in [2.24, 2.45) is 0 Å². The molecule has 0 saturated carbocycles. The fraction of sp³-hybridized carbons (Fsp3) is 0.462. The fourth-order valence-corrected chi connectivity index (χ4v) is 1.89. The highest BCUT2D eigenvalue weighted by Gasteiger charge is 2.01. The van der Waals surface area contributed by atoms with Crippen LogP contribution in [0.25, 0.3) is 0 Å². The van der Waals surface area contributed by atoms with Gasteiger partial charge in [-0.1, -0.05) is 52.4 Å². The molecule has 1 rings (SSSR count). The molecule has 0 fully saturated rings. The molecule has 0 aliphatic rings. The van der Waals surface area contributed by atoms with Crippen LogP contribution in [0.2, 0.25) is 0 Å². The minimum absolute atomic E-state index is 0.159. The average molecular weight is 331 g/mol. The summed E-state index contributed by atoms with van der Waals surface area (Å²) in [6.07, 6.45) is 2.47. The van der Waals surface area contributed by atoms with Crippen molar-refractivity contribution >= 4 is 28.5 Å². The summed E-state index contributed by atoms with van der Waals surface area (Å²) in [5.41, 5.74) is 2.49. The minimum Gasteiger partial charge on any atom is -0.356 e. The summed E-state index contributed by atoms with van der Waals surface area (Å²) in [6.45, 7) is 2.87. The second-order valence-electron chi connectivity index (χ2n) is 3.88. The van der Waals surface area contributed by atoms with E-state index in [0.29, 0.717) is 6.42 Å². The molecule has 0 radical (unpaired) electrons. The van der Waals surface area contributed by atoms with E-state index in [0.717, 1.165) is 23.8 Å². The van der Waals surface area contributed by atoms with Gasteiger partial charge in [0.2, 0.25) is 5.91 Å². The van der Waals surface area contributed by atoms with Crippen molar-refractivity contribution in [1.82, 2.24) is 5.32 Å². The number of hydrogen-bond donors (Lipinski definition) is 1. The number of aryl methyl sites for hydroxylation is 2. The maximum absolute atomic E-state index is 11.5. The summed E-state index contributed by atoms with van der Waals surface area (Å²) in [6, 6.07) is 8.33. The summed E-state index contributed by atoms with van der Waals surface area (Å²) in [7, 11) is 0. The third-order valence-corrected chi connectivity index (χ3v) is 3.12. The molecule has 16 heavy (non-hydrogen) atoms. The van der Waals surface area contributed by atoms with Crippen LogP contribution in [0.5, 0.6) is 0 Å². The van der Waals surface area contributed by atoms with E-state index in [9.17, 15) is 4.79 Å². The van der Waals surface area contributed by atoms with Crippen molar-refractivity contribution in [3.05, 3.63) is 35.4 Å². The quantitative estimate of drug-likeness (QED) is 0.485. The van der Waals surface area contributed by atoms with E-state index in [4.69, 9.17) is 0 Å². The fourth-order valence-electron chi connectivity index (χ4n) is 1.51. The normalized spacial score (nSPS) is 10.1. The number of carbonyl (C=O) groups is 1. The SMILES string of the molecule is Cc1cccc(CCC(=O)NCCCI)c1. The molecule has 0 bridgehead atoms. The molecular formula is C13H18INO. The second kappa shape index (κ2) is 7.65. The molecule has 0 saturated heterocycles. The first kappa shape index (κ1) is 13.5. The van der Waals surface area contributed by atoms with Gasteiger partial charge in [-0.3, -0.25) is 4.79 Å². The van der Waals surface area contributed by atoms with Gasteiger partial charge in [0.1, 0.15) is 0 Å². The van der Waals surface area contributed by atoms with E-state index in [1.807, 2.05) is 6.07 Å². The first-order chi connectivity index (χ1) is 7.72. The third kappa shape index (κ3) is 5.49. The molecule has 0 aliphatic heterocycles. The van der Waals surface area contributed by atoms with E-state index in [1.165, 1.54) is 11.1 Å². The van der Waals surface area contributed by atoms with E-state index in [2.05, 4.69) is 53.0 Å². The van der Waals surface area contributed by atoms with Gasteiger partial charge in [0.15, 0.2) is 0 Å². The molecule has 0 atom stereocenters.